The van der Waals surface area contributed by atoms with Gasteiger partial charge in [0.1, 0.15) is 0 Å². The van der Waals surface area contributed by atoms with Crippen molar-refractivity contribution >= 4 is 12.6 Å². The van der Waals surface area contributed by atoms with Gasteiger partial charge in [-0.2, -0.15) is 5.26 Å². The van der Waals surface area contributed by atoms with E-state index in [1.54, 1.807) is 0 Å². The Hall–Kier alpha value is -0.880. The Bertz CT molecular complexity index is 245. The molecule has 0 bridgehead atoms. The van der Waals surface area contributed by atoms with Crippen molar-refractivity contribution in [3.05, 3.63) is 22.4 Å². The smallest absolute Gasteiger partial charge is 0.0977 e. The Labute approximate surface area is 65.6 Å². The van der Waals surface area contributed by atoms with Crippen LogP contribution >= 0.6 is 12.6 Å². The monoisotopic (exact) mass is 152 g/mol. The molecule has 2 nitrogen and oxygen atoms in total. The van der Waals surface area contributed by atoms with Crippen molar-refractivity contribution in [3.63, 3.8) is 0 Å². The summed E-state index contributed by atoms with van der Waals surface area (Å²) in [5.74, 6) is 0. The van der Waals surface area contributed by atoms with E-state index >= 15 is 0 Å². The lowest BCUT2D eigenvalue weighted by Crippen LogP contribution is -2.12. The van der Waals surface area contributed by atoms with Crippen LogP contribution in [0, 0.1) is 11.3 Å². The SMILES string of the molecule is CC1=CCC(C#N)=C(S)N1. The molecule has 0 aromatic heterocycles. The molecule has 10 heavy (non-hydrogen) atoms. The summed E-state index contributed by atoms with van der Waals surface area (Å²) >= 11 is 4.10. The van der Waals surface area contributed by atoms with Crippen molar-refractivity contribution in [1.82, 2.24) is 5.32 Å². The van der Waals surface area contributed by atoms with Crippen LogP contribution in [0.4, 0.5) is 0 Å². The molecule has 0 spiro atoms. The fraction of sp³-hybridized carbons (Fsp3) is 0.286. The van der Waals surface area contributed by atoms with Crippen LogP contribution in [0.25, 0.3) is 0 Å². The number of nitrogens with one attached hydrogen (secondary N) is 1. The maximum atomic E-state index is 8.52. The van der Waals surface area contributed by atoms with E-state index in [-0.39, 0.29) is 0 Å². The lowest BCUT2D eigenvalue weighted by Gasteiger charge is -2.12. The lowest BCUT2D eigenvalue weighted by atomic mass is 10.1. The van der Waals surface area contributed by atoms with Crippen LogP contribution < -0.4 is 5.32 Å². The van der Waals surface area contributed by atoms with Crippen LogP contribution in [0.3, 0.4) is 0 Å². The number of rotatable bonds is 0. The molecule has 0 aliphatic carbocycles. The van der Waals surface area contributed by atoms with E-state index in [0.717, 1.165) is 5.70 Å². The fourth-order valence-corrected chi connectivity index (χ4v) is 1.08. The topological polar surface area (TPSA) is 35.8 Å². The van der Waals surface area contributed by atoms with Crippen molar-refractivity contribution in [2.45, 2.75) is 13.3 Å². The number of dihydropyridines is 1. The summed E-state index contributed by atoms with van der Waals surface area (Å²) in [6.07, 6.45) is 2.67. The fourth-order valence-electron chi connectivity index (χ4n) is 0.764. The molecule has 1 aliphatic rings. The molecule has 1 aliphatic heterocycles. The van der Waals surface area contributed by atoms with Crippen molar-refractivity contribution in [1.29, 1.82) is 5.26 Å². The predicted octanol–water partition coefficient (Wildman–Crippen LogP) is 1.55. The zero-order valence-corrected chi connectivity index (χ0v) is 6.57. The van der Waals surface area contributed by atoms with Gasteiger partial charge in [0.25, 0.3) is 0 Å². The largest absolute Gasteiger partial charge is 0.354 e. The van der Waals surface area contributed by atoms with Crippen LogP contribution in [-0.2, 0) is 0 Å². The van der Waals surface area contributed by atoms with Crippen molar-refractivity contribution in [2.75, 3.05) is 0 Å². The summed E-state index contributed by atoms with van der Waals surface area (Å²) in [6, 6.07) is 2.07. The minimum Gasteiger partial charge on any atom is -0.354 e. The molecule has 52 valence electrons. The molecule has 0 amide bonds. The number of thiol groups is 1. The van der Waals surface area contributed by atoms with Crippen LogP contribution in [-0.4, -0.2) is 0 Å². The van der Waals surface area contributed by atoms with Gasteiger partial charge in [-0.25, -0.2) is 0 Å². The van der Waals surface area contributed by atoms with Crippen LogP contribution in [0.2, 0.25) is 0 Å². The Balaban J connectivity index is 2.80. The number of nitrogens with zero attached hydrogens (tertiary/aromatic N) is 1. The standard InChI is InChI=1S/C7H8N2S/c1-5-2-3-6(4-8)7(10)9-5/h2,9-10H,3H2,1H3. The van der Waals surface area contributed by atoms with Crippen molar-refractivity contribution in [3.8, 4) is 6.07 Å². The second-order valence-electron chi connectivity index (χ2n) is 2.16. The molecule has 0 aromatic carbocycles. The Kier molecular flexibility index (Phi) is 2.03. The highest BCUT2D eigenvalue weighted by Crippen LogP contribution is 2.16. The van der Waals surface area contributed by atoms with Gasteiger partial charge in [-0.1, -0.05) is 6.08 Å². The van der Waals surface area contributed by atoms with E-state index in [1.165, 1.54) is 0 Å². The van der Waals surface area contributed by atoms with Gasteiger partial charge in [-0.3, -0.25) is 0 Å². The van der Waals surface area contributed by atoms with E-state index in [9.17, 15) is 0 Å². The van der Waals surface area contributed by atoms with Crippen LogP contribution in [0.5, 0.6) is 0 Å². The predicted molar refractivity (Wildman–Crippen MR) is 43.1 cm³/mol. The van der Waals surface area contributed by atoms with E-state index < -0.39 is 0 Å². The van der Waals surface area contributed by atoms with Gasteiger partial charge in [0.15, 0.2) is 0 Å². The van der Waals surface area contributed by atoms with Gasteiger partial charge in [-0.15, -0.1) is 12.6 Å². The summed E-state index contributed by atoms with van der Waals surface area (Å²) in [5, 5.41) is 12.2. The van der Waals surface area contributed by atoms with E-state index in [0.29, 0.717) is 17.0 Å². The quantitative estimate of drug-likeness (QED) is 0.516. The first-order chi connectivity index (χ1) is 4.74. The Morgan fingerprint density at radius 2 is 2.50 bits per heavy atom. The summed E-state index contributed by atoms with van der Waals surface area (Å²) < 4.78 is 0. The molecular weight excluding hydrogens is 144 g/mol. The van der Waals surface area contributed by atoms with Gasteiger partial charge in [0.2, 0.25) is 0 Å². The minimum absolute atomic E-state index is 0.683. The number of hydrogen-bond donors (Lipinski definition) is 2. The average molecular weight is 152 g/mol. The van der Waals surface area contributed by atoms with Gasteiger partial charge in [0, 0.05) is 12.1 Å². The summed E-state index contributed by atoms with van der Waals surface area (Å²) in [4.78, 5) is 0. The minimum atomic E-state index is 0.683. The van der Waals surface area contributed by atoms with Crippen LogP contribution in [0.1, 0.15) is 13.3 Å². The Morgan fingerprint density at radius 3 is 3.00 bits per heavy atom. The average Bonchev–Trinajstić information content (AvgIpc) is 1.88. The van der Waals surface area contributed by atoms with Crippen molar-refractivity contribution < 1.29 is 0 Å². The molecule has 1 rings (SSSR count). The number of allylic oxidation sites excluding steroid dienone is 3. The second kappa shape index (κ2) is 2.80. The summed E-state index contributed by atoms with van der Waals surface area (Å²) in [5.41, 5.74) is 1.76. The summed E-state index contributed by atoms with van der Waals surface area (Å²) in [7, 11) is 0. The highest BCUT2D eigenvalue weighted by atomic mass is 32.1. The molecule has 1 N–H and O–H groups in total. The first-order valence-electron chi connectivity index (χ1n) is 3.00. The zero-order valence-electron chi connectivity index (χ0n) is 5.68. The molecule has 0 fully saturated rings. The van der Waals surface area contributed by atoms with E-state index in [2.05, 4.69) is 24.0 Å². The number of nitriles is 1. The van der Waals surface area contributed by atoms with Gasteiger partial charge < -0.3 is 5.32 Å². The molecular formula is C7H8N2S. The Morgan fingerprint density at radius 1 is 1.80 bits per heavy atom. The van der Waals surface area contributed by atoms with Gasteiger partial charge >= 0.3 is 0 Å². The first-order valence-corrected chi connectivity index (χ1v) is 3.44. The first kappa shape index (κ1) is 7.23. The number of hydrogen-bond acceptors (Lipinski definition) is 3. The molecule has 0 aromatic rings. The third-order valence-corrected chi connectivity index (χ3v) is 1.73. The lowest BCUT2D eigenvalue weighted by molar-refractivity contribution is 0.961. The molecule has 0 unspecified atom stereocenters. The van der Waals surface area contributed by atoms with Gasteiger partial charge in [-0.05, 0) is 6.92 Å². The molecule has 0 radical (unpaired) electrons. The molecule has 3 heteroatoms. The second-order valence-corrected chi connectivity index (χ2v) is 2.60. The van der Waals surface area contributed by atoms with E-state index in [1.807, 2.05) is 13.0 Å². The maximum Gasteiger partial charge on any atom is 0.0977 e. The molecule has 1 heterocycles. The zero-order chi connectivity index (χ0) is 7.56. The van der Waals surface area contributed by atoms with Crippen LogP contribution in [0.15, 0.2) is 22.4 Å². The highest BCUT2D eigenvalue weighted by molar-refractivity contribution is 7.84. The maximum absolute atomic E-state index is 8.52. The highest BCUT2D eigenvalue weighted by Gasteiger charge is 2.06. The van der Waals surface area contributed by atoms with E-state index in [4.69, 9.17) is 5.26 Å². The summed E-state index contributed by atoms with van der Waals surface area (Å²) in [6.45, 7) is 1.95. The normalized spacial score (nSPS) is 17.5. The molecule has 0 atom stereocenters. The third kappa shape index (κ3) is 1.34. The third-order valence-electron chi connectivity index (χ3n) is 1.35. The molecule has 0 saturated carbocycles. The molecule has 0 saturated heterocycles. The van der Waals surface area contributed by atoms with Gasteiger partial charge in [0.05, 0.1) is 16.7 Å². The van der Waals surface area contributed by atoms with Crippen molar-refractivity contribution in [2.24, 2.45) is 0 Å².